The zero-order chi connectivity index (χ0) is 14.9. The lowest BCUT2D eigenvalue weighted by Crippen LogP contribution is -2.62. The Labute approximate surface area is 144 Å². The Hall–Kier alpha value is 1.09. The second kappa shape index (κ2) is 5.04. The molecule has 120 valence electrons. The molecule has 5 aliphatic rings. The Morgan fingerprint density at radius 3 is 2.00 bits per heavy atom. The number of alkyl halides is 1. The van der Waals surface area contributed by atoms with Crippen LogP contribution in [0, 0.1) is 29.1 Å². The van der Waals surface area contributed by atoms with Crippen molar-refractivity contribution in [3.8, 4) is 0 Å². The Balaban J connectivity index is 1.71. The van der Waals surface area contributed by atoms with Crippen molar-refractivity contribution in [1.82, 2.24) is 0 Å². The molecule has 0 nitrogen and oxygen atoms in total. The summed E-state index contributed by atoms with van der Waals surface area (Å²) in [6.07, 6.45) is 12.2. The highest BCUT2D eigenvalue weighted by molar-refractivity contribution is 7.48. The molecule has 1 saturated heterocycles. The molecule has 4 saturated carbocycles. The molecule has 0 spiro atoms. The maximum atomic E-state index is 7.25. The minimum atomic E-state index is -2.35. The Morgan fingerprint density at radius 2 is 1.52 bits per heavy atom. The van der Waals surface area contributed by atoms with Crippen LogP contribution < -0.4 is 0 Å². The molecule has 5 fully saturated rings. The first-order valence-electron chi connectivity index (χ1n) is 8.95. The number of rotatable bonds is 2. The van der Waals surface area contributed by atoms with Gasteiger partial charge in [0.05, 0.1) is 4.50 Å². The van der Waals surface area contributed by atoms with E-state index in [4.69, 9.17) is 33.8 Å². The smallest absolute Gasteiger partial charge is 0.144 e. The van der Waals surface area contributed by atoms with E-state index in [1.54, 1.807) is 0 Å². The topological polar surface area (TPSA) is 0 Å². The Kier molecular flexibility index (Phi) is 3.75. The SMILES string of the molecule is CCC1(Cl)C(C23CC4CC(CC(C4)C2)C3)CCC[Si]1(Cl)Cl. The van der Waals surface area contributed by atoms with Crippen molar-refractivity contribution >= 4 is 40.5 Å². The van der Waals surface area contributed by atoms with Crippen molar-refractivity contribution in [2.75, 3.05) is 0 Å². The molecule has 0 N–H and O–H groups in total. The molecular formula is C17H27Cl3Si. The van der Waals surface area contributed by atoms with Crippen LogP contribution in [0.25, 0.3) is 0 Å². The van der Waals surface area contributed by atoms with E-state index in [2.05, 4.69) is 6.92 Å². The summed E-state index contributed by atoms with van der Waals surface area (Å²) < 4.78 is -0.278. The van der Waals surface area contributed by atoms with Gasteiger partial charge in [0.25, 0.3) is 6.69 Å². The molecule has 0 aromatic heterocycles. The molecule has 0 aromatic rings. The van der Waals surface area contributed by atoms with E-state index >= 15 is 0 Å². The third-order valence-corrected chi connectivity index (χ3v) is 15.6. The fraction of sp³-hybridized carbons (Fsp3) is 1.00. The predicted octanol–water partition coefficient (Wildman–Crippen LogP) is 6.46. The van der Waals surface area contributed by atoms with Gasteiger partial charge in [-0.25, -0.2) is 0 Å². The van der Waals surface area contributed by atoms with Crippen LogP contribution in [0.15, 0.2) is 0 Å². The van der Waals surface area contributed by atoms with Crippen molar-refractivity contribution in [3.63, 3.8) is 0 Å². The molecule has 4 aliphatic carbocycles. The van der Waals surface area contributed by atoms with Crippen molar-refractivity contribution in [1.29, 1.82) is 0 Å². The average molecular weight is 366 g/mol. The summed E-state index contributed by atoms with van der Waals surface area (Å²) in [5.41, 5.74) is 0.495. The van der Waals surface area contributed by atoms with Crippen LogP contribution in [-0.2, 0) is 0 Å². The van der Waals surface area contributed by atoms with Crippen LogP contribution >= 0.6 is 33.8 Å². The maximum Gasteiger partial charge on any atom is 0.271 e. The van der Waals surface area contributed by atoms with Crippen LogP contribution in [0.5, 0.6) is 0 Å². The second-order valence-corrected chi connectivity index (χ2v) is 16.9. The Morgan fingerprint density at radius 1 is 1.00 bits per heavy atom. The summed E-state index contributed by atoms with van der Waals surface area (Å²) in [6, 6.07) is 0.996. The van der Waals surface area contributed by atoms with Gasteiger partial charge in [-0.05, 0) is 86.5 Å². The number of hydrogen-bond donors (Lipinski definition) is 0. The first kappa shape index (κ1) is 15.6. The van der Waals surface area contributed by atoms with Crippen molar-refractivity contribution in [2.45, 2.75) is 75.3 Å². The zero-order valence-electron chi connectivity index (χ0n) is 13.0. The van der Waals surface area contributed by atoms with Gasteiger partial charge in [0, 0.05) is 0 Å². The van der Waals surface area contributed by atoms with Crippen molar-refractivity contribution in [3.05, 3.63) is 0 Å². The maximum absolute atomic E-state index is 7.25. The van der Waals surface area contributed by atoms with Gasteiger partial charge in [-0.1, -0.05) is 13.3 Å². The van der Waals surface area contributed by atoms with E-state index in [1.807, 2.05) is 0 Å². The monoisotopic (exact) mass is 364 g/mol. The summed E-state index contributed by atoms with van der Waals surface area (Å²) >= 11 is 21.0. The van der Waals surface area contributed by atoms with Gasteiger partial charge in [0.1, 0.15) is 0 Å². The minimum Gasteiger partial charge on any atom is -0.144 e. The summed E-state index contributed by atoms with van der Waals surface area (Å²) in [5.74, 6) is 3.54. The summed E-state index contributed by atoms with van der Waals surface area (Å²) in [6.45, 7) is -0.129. The van der Waals surface area contributed by atoms with Gasteiger partial charge in [-0.2, -0.15) is 0 Å². The molecule has 1 aliphatic heterocycles. The summed E-state index contributed by atoms with van der Waals surface area (Å²) in [5, 5.41) is 0. The van der Waals surface area contributed by atoms with E-state index in [1.165, 1.54) is 51.4 Å². The Bertz CT molecular complexity index is 400. The zero-order valence-corrected chi connectivity index (χ0v) is 16.3. The highest BCUT2D eigenvalue weighted by atomic mass is 35.7. The third-order valence-electron chi connectivity index (χ3n) is 7.48. The third kappa shape index (κ3) is 2.20. The molecule has 5 rings (SSSR count). The molecule has 21 heavy (non-hydrogen) atoms. The first-order valence-corrected chi connectivity index (χ1v) is 13.6. The molecule has 4 heteroatoms. The molecule has 0 aromatic carbocycles. The molecule has 4 bridgehead atoms. The second-order valence-electron chi connectivity index (χ2n) is 8.65. The number of halogens is 3. The lowest BCUT2D eigenvalue weighted by atomic mass is 9.45. The van der Waals surface area contributed by atoms with E-state index in [9.17, 15) is 0 Å². The predicted molar refractivity (Wildman–Crippen MR) is 94.5 cm³/mol. The first-order chi connectivity index (χ1) is 9.88. The molecule has 0 radical (unpaired) electrons. The van der Waals surface area contributed by atoms with Gasteiger partial charge >= 0.3 is 0 Å². The van der Waals surface area contributed by atoms with E-state index in [0.717, 1.165) is 30.2 Å². The van der Waals surface area contributed by atoms with Crippen LogP contribution in [-0.4, -0.2) is 11.2 Å². The fourth-order valence-electron chi connectivity index (χ4n) is 7.12. The quantitative estimate of drug-likeness (QED) is 0.299. The van der Waals surface area contributed by atoms with Gasteiger partial charge in [-0.3, -0.25) is 0 Å². The standard InChI is InChI=1S/C17H27Cl3Si/c1-2-17(18)15(4-3-5-21(17,19)20)16-9-12-6-13(10-16)8-14(7-12)11-16/h12-15H,2-11H2,1H3. The average Bonchev–Trinajstić information content (AvgIpc) is 2.40. The molecular weight excluding hydrogens is 339 g/mol. The van der Waals surface area contributed by atoms with Crippen LogP contribution in [0.2, 0.25) is 6.04 Å². The van der Waals surface area contributed by atoms with Crippen LogP contribution in [0.1, 0.15) is 64.7 Å². The van der Waals surface area contributed by atoms with E-state index in [0.29, 0.717) is 11.3 Å². The molecule has 2 unspecified atom stereocenters. The highest BCUT2D eigenvalue weighted by Crippen LogP contribution is 2.68. The highest BCUT2D eigenvalue weighted by Gasteiger charge is 2.65. The van der Waals surface area contributed by atoms with Crippen molar-refractivity contribution < 1.29 is 0 Å². The molecule has 1 heterocycles. The van der Waals surface area contributed by atoms with Crippen LogP contribution in [0.4, 0.5) is 0 Å². The van der Waals surface area contributed by atoms with Crippen molar-refractivity contribution in [2.24, 2.45) is 29.1 Å². The van der Waals surface area contributed by atoms with E-state index in [-0.39, 0.29) is 4.50 Å². The molecule has 0 amide bonds. The minimum absolute atomic E-state index is 0.278. The summed E-state index contributed by atoms with van der Waals surface area (Å²) in [4.78, 5) is 0. The lowest BCUT2D eigenvalue weighted by molar-refractivity contribution is -0.0951. The van der Waals surface area contributed by atoms with Gasteiger partial charge < -0.3 is 0 Å². The van der Waals surface area contributed by atoms with E-state index < -0.39 is 6.69 Å². The largest absolute Gasteiger partial charge is 0.271 e. The van der Waals surface area contributed by atoms with Gasteiger partial charge in [0.2, 0.25) is 0 Å². The lowest BCUT2D eigenvalue weighted by Gasteiger charge is -2.64. The van der Waals surface area contributed by atoms with Crippen LogP contribution in [0.3, 0.4) is 0 Å². The number of hydrogen-bond acceptors (Lipinski definition) is 0. The molecule has 2 atom stereocenters. The fourth-order valence-corrected chi connectivity index (χ4v) is 12.7. The van der Waals surface area contributed by atoms with Gasteiger partial charge in [0.15, 0.2) is 0 Å². The summed E-state index contributed by atoms with van der Waals surface area (Å²) in [7, 11) is 0. The van der Waals surface area contributed by atoms with Gasteiger partial charge in [-0.15, -0.1) is 33.8 Å². The normalized spacial score (nSPS) is 54.9.